The maximum absolute atomic E-state index is 12.3. The highest BCUT2D eigenvalue weighted by Crippen LogP contribution is 2.39. The van der Waals surface area contributed by atoms with E-state index in [1.165, 1.54) is 5.56 Å². The highest BCUT2D eigenvalue weighted by Gasteiger charge is 2.30. The number of aliphatic hydroxyl groups excluding tert-OH is 1. The third-order valence-corrected chi connectivity index (χ3v) is 4.71. The van der Waals surface area contributed by atoms with Crippen molar-refractivity contribution in [1.82, 2.24) is 10.5 Å². The third-order valence-electron chi connectivity index (χ3n) is 4.71. The topological polar surface area (TPSA) is 75.4 Å². The van der Waals surface area contributed by atoms with Gasteiger partial charge in [-0.2, -0.15) is 0 Å². The van der Waals surface area contributed by atoms with Crippen LogP contribution in [0.3, 0.4) is 0 Å². The highest BCUT2D eigenvalue weighted by molar-refractivity contribution is 5.78. The number of amides is 1. The van der Waals surface area contributed by atoms with Crippen LogP contribution in [-0.2, 0) is 17.6 Å². The van der Waals surface area contributed by atoms with Crippen molar-refractivity contribution in [3.8, 4) is 0 Å². The lowest BCUT2D eigenvalue weighted by atomic mass is 9.85. The normalized spacial score (nSPS) is 23.3. The van der Waals surface area contributed by atoms with Crippen LogP contribution in [0.1, 0.15) is 53.8 Å². The number of rotatable bonds is 4. The molecule has 2 N–H and O–H groups in total. The van der Waals surface area contributed by atoms with Gasteiger partial charge in [0.2, 0.25) is 5.91 Å². The molecule has 0 spiro atoms. The van der Waals surface area contributed by atoms with Gasteiger partial charge in [-0.25, -0.2) is 0 Å². The molecule has 4 rings (SSSR count). The molecule has 1 amide bonds. The van der Waals surface area contributed by atoms with Crippen LogP contribution in [0.4, 0.5) is 0 Å². The molecule has 120 valence electrons. The fourth-order valence-corrected chi connectivity index (χ4v) is 3.28. The molecule has 0 aliphatic heterocycles. The number of aliphatic hydroxyl groups is 1. The first kappa shape index (κ1) is 14.5. The molecule has 0 bridgehead atoms. The number of hydrogen-bond donors (Lipinski definition) is 2. The Balaban J connectivity index is 1.45. The summed E-state index contributed by atoms with van der Waals surface area (Å²) in [5.41, 5.74) is 3.16. The van der Waals surface area contributed by atoms with Gasteiger partial charge in [0.15, 0.2) is 0 Å². The van der Waals surface area contributed by atoms with Crippen molar-refractivity contribution in [2.24, 2.45) is 0 Å². The zero-order chi connectivity index (χ0) is 15.8. The van der Waals surface area contributed by atoms with Crippen LogP contribution < -0.4 is 5.32 Å². The van der Waals surface area contributed by atoms with Crippen molar-refractivity contribution in [1.29, 1.82) is 0 Å². The predicted molar refractivity (Wildman–Crippen MR) is 83.8 cm³/mol. The SMILES string of the molecule is O=C(Cc1cc(C2CC2)no1)N[C@@H]1c2ccccc2CC[C@@H]1O. The van der Waals surface area contributed by atoms with Crippen LogP contribution >= 0.6 is 0 Å². The van der Waals surface area contributed by atoms with E-state index >= 15 is 0 Å². The van der Waals surface area contributed by atoms with Crippen molar-refractivity contribution < 1.29 is 14.4 Å². The average molecular weight is 312 g/mol. The molecule has 0 unspecified atom stereocenters. The molecule has 2 aliphatic rings. The molecule has 0 saturated heterocycles. The third kappa shape index (κ3) is 3.01. The second-order valence-corrected chi connectivity index (χ2v) is 6.52. The summed E-state index contributed by atoms with van der Waals surface area (Å²) >= 11 is 0. The van der Waals surface area contributed by atoms with Gasteiger partial charge in [0.25, 0.3) is 0 Å². The first-order valence-electron chi connectivity index (χ1n) is 8.21. The number of carbonyl (C=O) groups is 1. The van der Waals surface area contributed by atoms with Gasteiger partial charge in [0.1, 0.15) is 5.76 Å². The van der Waals surface area contributed by atoms with Crippen molar-refractivity contribution in [2.45, 2.75) is 50.2 Å². The minimum Gasteiger partial charge on any atom is -0.391 e. The fraction of sp³-hybridized carbons (Fsp3) is 0.444. The first-order chi connectivity index (χ1) is 11.2. The average Bonchev–Trinajstić information content (AvgIpc) is 3.30. The Labute approximate surface area is 134 Å². The molecule has 1 heterocycles. The number of aromatic nitrogens is 1. The van der Waals surface area contributed by atoms with Crippen LogP contribution in [-0.4, -0.2) is 22.3 Å². The van der Waals surface area contributed by atoms with E-state index in [1.54, 1.807) is 0 Å². The molecule has 1 aromatic carbocycles. The Morgan fingerprint density at radius 2 is 2.13 bits per heavy atom. The zero-order valence-corrected chi connectivity index (χ0v) is 12.9. The predicted octanol–water partition coefficient (Wildman–Crippen LogP) is 2.26. The minimum absolute atomic E-state index is 0.149. The smallest absolute Gasteiger partial charge is 0.228 e. The Morgan fingerprint density at radius 3 is 2.96 bits per heavy atom. The van der Waals surface area contributed by atoms with Crippen LogP contribution in [0.2, 0.25) is 0 Å². The summed E-state index contributed by atoms with van der Waals surface area (Å²) in [6.45, 7) is 0. The van der Waals surface area contributed by atoms with E-state index in [2.05, 4.69) is 16.5 Å². The largest absolute Gasteiger partial charge is 0.391 e. The number of fused-ring (bicyclic) bond motifs is 1. The summed E-state index contributed by atoms with van der Waals surface area (Å²) in [4.78, 5) is 12.3. The minimum atomic E-state index is -0.550. The number of nitrogens with zero attached hydrogens (tertiary/aromatic N) is 1. The van der Waals surface area contributed by atoms with E-state index < -0.39 is 6.10 Å². The maximum Gasteiger partial charge on any atom is 0.228 e. The number of nitrogens with one attached hydrogen (secondary N) is 1. The van der Waals surface area contributed by atoms with Crippen LogP contribution in [0.15, 0.2) is 34.9 Å². The molecule has 1 saturated carbocycles. The molecular formula is C18H20N2O3. The summed E-state index contributed by atoms with van der Waals surface area (Å²) in [5.74, 6) is 0.954. The van der Waals surface area contributed by atoms with Crippen molar-refractivity contribution in [3.63, 3.8) is 0 Å². The summed E-state index contributed by atoms with van der Waals surface area (Å²) in [6, 6.07) is 9.49. The quantitative estimate of drug-likeness (QED) is 0.908. The monoisotopic (exact) mass is 312 g/mol. The highest BCUT2D eigenvalue weighted by atomic mass is 16.5. The lowest BCUT2D eigenvalue weighted by Gasteiger charge is -2.30. The molecule has 2 aromatic rings. The van der Waals surface area contributed by atoms with Crippen molar-refractivity contribution in [3.05, 3.63) is 52.9 Å². The van der Waals surface area contributed by atoms with E-state index in [4.69, 9.17) is 4.52 Å². The standard InChI is InChI=1S/C18H20N2O3/c21-16-8-7-11-3-1-2-4-14(11)18(16)19-17(22)10-13-9-15(20-23-13)12-5-6-12/h1-4,9,12,16,18,21H,5-8,10H2,(H,19,22)/t16-,18+/m0/s1. The van der Waals surface area contributed by atoms with Crippen molar-refractivity contribution in [2.75, 3.05) is 0 Å². The molecular weight excluding hydrogens is 292 g/mol. The van der Waals surface area contributed by atoms with Gasteiger partial charge in [0.05, 0.1) is 24.3 Å². The molecule has 5 nitrogen and oxygen atoms in total. The van der Waals surface area contributed by atoms with E-state index in [0.29, 0.717) is 18.1 Å². The number of benzene rings is 1. The van der Waals surface area contributed by atoms with Gasteiger partial charge in [-0.1, -0.05) is 29.4 Å². The van der Waals surface area contributed by atoms with Gasteiger partial charge in [-0.15, -0.1) is 0 Å². The van der Waals surface area contributed by atoms with E-state index in [9.17, 15) is 9.90 Å². The first-order valence-corrected chi connectivity index (χ1v) is 8.21. The van der Waals surface area contributed by atoms with Gasteiger partial charge in [0, 0.05) is 12.0 Å². The Kier molecular flexibility index (Phi) is 3.65. The molecule has 1 aromatic heterocycles. The molecule has 0 radical (unpaired) electrons. The summed E-state index contributed by atoms with van der Waals surface area (Å²) < 4.78 is 5.25. The van der Waals surface area contributed by atoms with Crippen LogP contribution in [0.25, 0.3) is 0 Å². The molecule has 23 heavy (non-hydrogen) atoms. The van der Waals surface area contributed by atoms with E-state index in [-0.39, 0.29) is 18.4 Å². The lowest BCUT2D eigenvalue weighted by Crippen LogP contribution is -2.39. The van der Waals surface area contributed by atoms with Gasteiger partial charge < -0.3 is 14.9 Å². The number of hydrogen-bond acceptors (Lipinski definition) is 4. The second kappa shape index (κ2) is 5.81. The van der Waals surface area contributed by atoms with Crippen LogP contribution in [0, 0.1) is 0 Å². The van der Waals surface area contributed by atoms with Gasteiger partial charge in [-0.05, 0) is 36.8 Å². The molecule has 5 heteroatoms. The lowest BCUT2D eigenvalue weighted by molar-refractivity contribution is -0.122. The van der Waals surface area contributed by atoms with E-state index in [1.807, 2.05) is 24.3 Å². The summed E-state index contributed by atoms with van der Waals surface area (Å²) in [5, 5.41) is 17.2. The summed E-state index contributed by atoms with van der Waals surface area (Å²) in [6.07, 6.45) is 3.43. The molecule has 2 atom stereocenters. The van der Waals surface area contributed by atoms with Gasteiger partial charge >= 0.3 is 0 Å². The number of aryl methyl sites for hydroxylation is 1. The van der Waals surface area contributed by atoms with Crippen molar-refractivity contribution >= 4 is 5.91 Å². The Hall–Kier alpha value is -2.14. The Bertz CT molecular complexity index is 721. The van der Waals surface area contributed by atoms with E-state index in [0.717, 1.165) is 30.5 Å². The Morgan fingerprint density at radius 1 is 1.30 bits per heavy atom. The fourth-order valence-electron chi connectivity index (χ4n) is 3.28. The van der Waals surface area contributed by atoms with Crippen LogP contribution in [0.5, 0.6) is 0 Å². The maximum atomic E-state index is 12.3. The molecule has 2 aliphatic carbocycles. The second-order valence-electron chi connectivity index (χ2n) is 6.52. The van der Waals surface area contributed by atoms with Gasteiger partial charge in [-0.3, -0.25) is 4.79 Å². The zero-order valence-electron chi connectivity index (χ0n) is 12.9. The molecule has 1 fully saturated rings. The number of carbonyl (C=O) groups excluding carboxylic acids is 1. The summed E-state index contributed by atoms with van der Waals surface area (Å²) in [7, 11) is 0.